The van der Waals surface area contributed by atoms with Gasteiger partial charge in [0.15, 0.2) is 11.8 Å². The van der Waals surface area contributed by atoms with Crippen LogP contribution in [0.5, 0.6) is 0 Å². The Morgan fingerprint density at radius 1 is 1.40 bits per heavy atom. The number of aliphatic hydroxyl groups is 1. The van der Waals surface area contributed by atoms with E-state index in [0.29, 0.717) is 24.3 Å². The van der Waals surface area contributed by atoms with Gasteiger partial charge in [-0.2, -0.15) is 4.98 Å². The van der Waals surface area contributed by atoms with Gasteiger partial charge in [-0.05, 0) is 32.6 Å². The van der Waals surface area contributed by atoms with Crippen LogP contribution in [0.1, 0.15) is 44.3 Å². The molecule has 7 nitrogen and oxygen atoms in total. The maximum atomic E-state index is 9.52. The van der Waals surface area contributed by atoms with Gasteiger partial charge < -0.3 is 20.3 Å². The van der Waals surface area contributed by atoms with Gasteiger partial charge >= 0.3 is 0 Å². The highest BCUT2D eigenvalue weighted by Gasteiger charge is 2.19. The first-order chi connectivity index (χ1) is 9.67. The fourth-order valence-corrected chi connectivity index (χ4v) is 2.29. The summed E-state index contributed by atoms with van der Waals surface area (Å²) >= 11 is 0. The third-order valence-corrected chi connectivity index (χ3v) is 3.33. The molecule has 1 aliphatic carbocycles. The van der Waals surface area contributed by atoms with Crippen LogP contribution in [-0.2, 0) is 6.54 Å². The van der Waals surface area contributed by atoms with Gasteiger partial charge in [-0.25, -0.2) is 4.99 Å². The molecule has 112 valence electrons. The molecule has 20 heavy (non-hydrogen) atoms. The number of aliphatic imine (C=N–C) groups is 1. The predicted octanol–water partition coefficient (Wildman–Crippen LogP) is 0.737. The minimum atomic E-state index is -0.144. The SMILES string of the molecule is CCNC(=NCc1noc(C)n1)NC1CCC(O)CC1. The van der Waals surface area contributed by atoms with Crippen LogP contribution in [0.15, 0.2) is 9.52 Å². The Morgan fingerprint density at radius 2 is 2.15 bits per heavy atom. The lowest BCUT2D eigenvalue weighted by Crippen LogP contribution is -2.45. The Hall–Kier alpha value is -1.63. The second-order valence-corrected chi connectivity index (χ2v) is 5.07. The molecule has 0 unspecified atom stereocenters. The number of guanidine groups is 1. The molecule has 0 radical (unpaired) electrons. The Bertz CT molecular complexity index is 438. The van der Waals surface area contributed by atoms with Gasteiger partial charge in [0, 0.05) is 19.5 Å². The first kappa shape index (κ1) is 14.8. The summed E-state index contributed by atoms with van der Waals surface area (Å²) in [6.07, 6.45) is 3.48. The van der Waals surface area contributed by atoms with Gasteiger partial charge in [-0.1, -0.05) is 5.16 Å². The summed E-state index contributed by atoms with van der Waals surface area (Å²) in [5.41, 5.74) is 0. The molecule has 0 saturated heterocycles. The molecule has 0 bridgehead atoms. The topological polar surface area (TPSA) is 95.6 Å². The van der Waals surface area contributed by atoms with Crippen LogP contribution in [0.25, 0.3) is 0 Å². The Balaban J connectivity index is 1.88. The van der Waals surface area contributed by atoms with Crippen molar-refractivity contribution in [3.05, 3.63) is 11.7 Å². The highest BCUT2D eigenvalue weighted by molar-refractivity contribution is 5.80. The third-order valence-electron chi connectivity index (χ3n) is 3.33. The van der Waals surface area contributed by atoms with Crippen LogP contribution in [0.3, 0.4) is 0 Å². The first-order valence-electron chi connectivity index (χ1n) is 7.19. The lowest BCUT2D eigenvalue weighted by atomic mass is 9.93. The number of aryl methyl sites for hydroxylation is 1. The lowest BCUT2D eigenvalue weighted by Gasteiger charge is -2.27. The zero-order chi connectivity index (χ0) is 14.4. The molecular formula is C13H23N5O2. The molecule has 1 saturated carbocycles. The van der Waals surface area contributed by atoms with E-state index in [9.17, 15) is 5.11 Å². The van der Waals surface area contributed by atoms with Crippen molar-refractivity contribution in [1.29, 1.82) is 0 Å². The average Bonchev–Trinajstić information content (AvgIpc) is 2.85. The molecule has 7 heteroatoms. The van der Waals surface area contributed by atoms with Crippen molar-refractivity contribution in [2.24, 2.45) is 4.99 Å². The molecule has 1 fully saturated rings. The van der Waals surface area contributed by atoms with Gasteiger partial charge in [0.05, 0.1) is 6.10 Å². The predicted molar refractivity (Wildman–Crippen MR) is 75.2 cm³/mol. The maximum Gasteiger partial charge on any atom is 0.223 e. The van der Waals surface area contributed by atoms with Crippen LogP contribution in [0, 0.1) is 6.92 Å². The number of hydrogen-bond acceptors (Lipinski definition) is 5. The largest absolute Gasteiger partial charge is 0.393 e. The number of nitrogens with one attached hydrogen (secondary N) is 2. The Kier molecular flexibility index (Phi) is 5.34. The van der Waals surface area contributed by atoms with Crippen LogP contribution < -0.4 is 10.6 Å². The summed E-state index contributed by atoms with van der Waals surface area (Å²) in [7, 11) is 0. The molecule has 1 aromatic rings. The zero-order valence-corrected chi connectivity index (χ0v) is 12.1. The number of nitrogens with zero attached hydrogens (tertiary/aromatic N) is 3. The van der Waals surface area contributed by atoms with Gasteiger partial charge in [-0.3, -0.25) is 0 Å². The molecule has 3 N–H and O–H groups in total. The van der Waals surface area contributed by atoms with E-state index in [2.05, 4.69) is 25.8 Å². The van der Waals surface area contributed by atoms with E-state index >= 15 is 0 Å². The molecule has 0 aliphatic heterocycles. The molecule has 1 aliphatic rings. The van der Waals surface area contributed by atoms with Crippen LogP contribution >= 0.6 is 0 Å². The van der Waals surface area contributed by atoms with Crippen molar-refractivity contribution in [3.8, 4) is 0 Å². The Morgan fingerprint density at radius 3 is 2.75 bits per heavy atom. The summed E-state index contributed by atoms with van der Waals surface area (Å²) in [6, 6.07) is 0.364. The average molecular weight is 281 g/mol. The summed E-state index contributed by atoms with van der Waals surface area (Å²) in [5, 5.41) is 19.9. The second kappa shape index (κ2) is 7.23. The highest BCUT2D eigenvalue weighted by Crippen LogP contribution is 2.18. The maximum absolute atomic E-state index is 9.52. The van der Waals surface area contributed by atoms with Crippen LogP contribution in [0.4, 0.5) is 0 Å². The van der Waals surface area contributed by atoms with Crippen molar-refractivity contribution in [3.63, 3.8) is 0 Å². The number of aromatic nitrogens is 2. The van der Waals surface area contributed by atoms with E-state index in [1.165, 1.54) is 0 Å². The van der Waals surface area contributed by atoms with Crippen LogP contribution in [-0.4, -0.2) is 39.9 Å². The molecular weight excluding hydrogens is 258 g/mol. The van der Waals surface area contributed by atoms with Crippen molar-refractivity contribution < 1.29 is 9.63 Å². The third kappa shape index (κ3) is 4.48. The van der Waals surface area contributed by atoms with Gasteiger partial charge in [0.2, 0.25) is 5.89 Å². The molecule has 2 rings (SSSR count). The summed E-state index contributed by atoms with van der Waals surface area (Å²) in [6.45, 7) is 4.98. The summed E-state index contributed by atoms with van der Waals surface area (Å²) in [4.78, 5) is 8.58. The van der Waals surface area contributed by atoms with Crippen molar-refractivity contribution in [2.75, 3.05) is 6.54 Å². The van der Waals surface area contributed by atoms with E-state index < -0.39 is 0 Å². The molecule has 0 aromatic carbocycles. The summed E-state index contributed by atoms with van der Waals surface area (Å²) in [5.74, 6) is 1.89. The lowest BCUT2D eigenvalue weighted by molar-refractivity contribution is 0.120. The van der Waals surface area contributed by atoms with E-state index in [-0.39, 0.29) is 6.10 Å². The van der Waals surface area contributed by atoms with E-state index in [1.54, 1.807) is 6.92 Å². The fourth-order valence-electron chi connectivity index (χ4n) is 2.29. The second-order valence-electron chi connectivity index (χ2n) is 5.07. The van der Waals surface area contributed by atoms with Crippen molar-refractivity contribution in [2.45, 2.75) is 58.2 Å². The van der Waals surface area contributed by atoms with Crippen LogP contribution in [0.2, 0.25) is 0 Å². The van der Waals surface area contributed by atoms with E-state index in [1.807, 2.05) is 6.92 Å². The van der Waals surface area contributed by atoms with Gasteiger partial charge in [0.25, 0.3) is 0 Å². The standard InChI is InChI=1S/C13H23N5O2/c1-3-14-13(15-8-12-16-9(2)20-18-12)17-10-4-6-11(19)7-5-10/h10-11,19H,3-8H2,1-2H3,(H2,14,15,17). The number of hydrogen-bond donors (Lipinski definition) is 3. The van der Waals surface area contributed by atoms with Crippen molar-refractivity contribution in [1.82, 2.24) is 20.8 Å². The van der Waals surface area contributed by atoms with Gasteiger partial charge in [-0.15, -0.1) is 0 Å². The highest BCUT2D eigenvalue weighted by atomic mass is 16.5. The first-order valence-corrected chi connectivity index (χ1v) is 7.19. The van der Waals surface area contributed by atoms with E-state index in [4.69, 9.17) is 4.52 Å². The normalized spacial score (nSPS) is 23.6. The number of rotatable bonds is 4. The minimum absolute atomic E-state index is 0.144. The monoisotopic (exact) mass is 281 g/mol. The summed E-state index contributed by atoms with van der Waals surface area (Å²) < 4.78 is 4.92. The molecule has 0 spiro atoms. The van der Waals surface area contributed by atoms with Crippen molar-refractivity contribution >= 4 is 5.96 Å². The molecule has 0 amide bonds. The van der Waals surface area contributed by atoms with E-state index in [0.717, 1.165) is 38.2 Å². The molecule has 1 heterocycles. The smallest absolute Gasteiger partial charge is 0.223 e. The fraction of sp³-hybridized carbons (Fsp3) is 0.769. The molecule has 0 atom stereocenters. The minimum Gasteiger partial charge on any atom is -0.393 e. The quantitative estimate of drug-likeness (QED) is 0.556. The Labute approximate surface area is 118 Å². The van der Waals surface area contributed by atoms with Gasteiger partial charge in [0.1, 0.15) is 6.54 Å². The number of aliphatic hydroxyl groups excluding tert-OH is 1. The zero-order valence-electron chi connectivity index (χ0n) is 12.1. The molecule has 1 aromatic heterocycles.